The van der Waals surface area contributed by atoms with Gasteiger partial charge in [-0.05, 0) is 31.4 Å². The summed E-state index contributed by atoms with van der Waals surface area (Å²) in [6.45, 7) is 3.70. The Hall–Kier alpha value is -1.35. The van der Waals surface area contributed by atoms with Gasteiger partial charge in [0.25, 0.3) is 0 Å². The minimum Gasteiger partial charge on any atom is -0.345 e. The van der Waals surface area contributed by atoms with Crippen molar-refractivity contribution in [2.45, 2.75) is 45.3 Å². The van der Waals surface area contributed by atoms with Crippen molar-refractivity contribution in [1.82, 2.24) is 9.88 Å². The molecule has 0 bridgehead atoms. The molecule has 18 heavy (non-hydrogen) atoms. The van der Waals surface area contributed by atoms with E-state index < -0.39 is 0 Å². The summed E-state index contributed by atoms with van der Waals surface area (Å²) in [5.74, 6) is -0.121. The number of hydrogen-bond donors (Lipinski definition) is 1. The molecule has 3 heteroatoms. The first-order valence-electron chi connectivity index (χ1n) is 6.79. The van der Waals surface area contributed by atoms with Gasteiger partial charge in [-0.25, -0.2) is 4.39 Å². The van der Waals surface area contributed by atoms with Crippen LogP contribution in [-0.2, 0) is 13.1 Å². The maximum Gasteiger partial charge on any atom is 0.147 e. The monoisotopic (exact) mass is 246 g/mol. The van der Waals surface area contributed by atoms with E-state index in [0.717, 1.165) is 24.0 Å². The lowest BCUT2D eigenvalue weighted by atomic mass is 9.93. The molecule has 0 unspecified atom stereocenters. The van der Waals surface area contributed by atoms with E-state index in [0.29, 0.717) is 6.04 Å². The van der Waals surface area contributed by atoms with E-state index in [1.807, 2.05) is 10.6 Å². The average molecular weight is 246 g/mol. The van der Waals surface area contributed by atoms with Crippen LogP contribution in [0.5, 0.6) is 0 Å². The molecule has 3 rings (SSSR count). The SMILES string of the molecule is CCn1cc(CNC2CCC2)c2cccc(F)c21. The van der Waals surface area contributed by atoms with Gasteiger partial charge in [-0.1, -0.05) is 18.6 Å². The van der Waals surface area contributed by atoms with Gasteiger partial charge in [0.15, 0.2) is 0 Å². The normalized spacial score (nSPS) is 16.1. The summed E-state index contributed by atoms with van der Waals surface area (Å²) in [4.78, 5) is 0. The predicted molar refractivity (Wildman–Crippen MR) is 72.0 cm³/mol. The lowest BCUT2D eigenvalue weighted by Gasteiger charge is -2.26. The highest BCUT2D eigenvalue weighted by Crippen LogP contribution is 2.25. The number of rotatable bonds is 4. The fourth-order valence-corrected chi connectivity index (χ4v) is 2.65. The lowest BCUT2D eigenvalue weighted by molar-refractivity contribution is 0.338. The number of aryl methyl sites for hydroxylation is 1. The molecule has 1 heterocycles. The highest BCUT2D eigenvalue weighted by molar-refractivity contribution is 5.84. The van der Waals surface area contributed by atoms with Crippen LogP contribution in [0.4, 0.5) is 4.39 Å². The molecule has 0 radical (unpaired) electrons. The first-order valence-corrected chi connectivity index (χ1v) is 6.79. The molecular weight excluding hydrogens is 227 g/mol. The highest BCUT2D eigenvalue weighted by atomic mass is 19.1. The summed E-state index contributed by atoms with van der Waals surface area (Å²) in [5.41, 5.74) is 1.95. The number of benzene rings is 1. The number of nitrogens with zero attached hydrogens (tertiary/aromatic N) is 1. The largest absolute Gasteiger partial charge is 0.345 e. The van der Waals surface area contributed by atoms with Crippen LogP contribution in [0, 0.1) is 5.82 Å². The zero-order chi connectivity index (χ0) is 12.5. The Kier molecular flexibility index (Phi) is 3.08. The molecule has 1 aliphatic rings. The van der Waals surface area contributed by atoms with E-state index in [4.69, 9.17) is 0 Å². The summed E-state index contributed by atoms with van der Waals surface area (Å²) in [7, 11) is 0. The summed E-state index contributed by atoms with van der Waals surface area (Å²) >= 11 is 0. The van der Waals surface area contributed by atoms with Crippen LogP contribution in [0.3, 0.4) is 0 Å². The second-order valence-electron chi connectivity index (χ2n) is 5.09. The van der Waals surface area contributed by atoms with Crippen LogP contribution in [0.2, 0.25) is 0 Å². The van der Waals surface area contributed by atoms with Gasteiger partial charge in [-0.2, -0.15) is 0 Å². The summed E-state index contributed by atoms with van der Waals surface area (Å²) in [5, 5.41) is 4.59. The second kappa shape index (κ2) is 4.73. The molecule has 1 saturated carbocycles. The number of aromatic nitrogens is 1. The van der Waals surface area contributed by atoms with Crippen molar-refractivity contribution < 1.29 is 4.39 Å². The third-order valence-corrected chi connectivity index (χ3v) is 3.96. The Morgan fingerprint density at radius 1 is 1.39 bits per heavy atom. The molecule has 96 valence electrons. The molecule has 0 amide bonds. The Labute approximate surface area is 107 Å². The molecule has 0 atom stereocenters. The summed E-state index contributed by atoms with van der Waals surface area (Å²) in [6, 6.07) is 6.02. The van der Waals surface area contributed by atoms with Gasteiger partial charge in [0.05, 0.1) is 5.52 Å². The Balaban J connectivity index is 1.93. The third-order valence-electron chi connectivity index (χ3n) is 3.96. The average Bonchev–Trinajstić information content (AvgIpc) is 2.67. The number of hydrogen-bond acceptors (Lipinski definition) is 1. The van der Waals surface area contributed by atoms with Gasteiger partial charge in [0.2, 0.25) is 0 Å². The quantitative estimate of drug-likeness (QED) is 0.874. The van der Waals surface area contributed by atoms with Crippen molar-refractivity contribution in [1.29, 1.82) is 0 Å². The number of fused-ring (bicyclic) bond motifs is 1. The second-order valence-corrected chi connectivity index (χ2v) is 5.09. The molecule has 2 aromatic rings. The number of nitrogens with one attached hydrogen (secondary N) is 1. The van der Waals surface area contributed by atoms with E-state index in [1.54, 1.807) is 6.07 Å². The van der Waals surface area contributed by atoms with Crippen LogP contribution in [0.25, 0.3) is 10.9 Å². The molecule has 1 aliphatic carbocycles. The van der Waals surface area contributed by atoms with Gasteiger partial charge in [-0.3, -0.25) is 0 Å². The fourth-order valence-electron chi connectivity index (χ4n) is 2.65. The van der Waals surface area contributed by atoms with Crippen molar-refractivity contribution in [3.05, 3.63) is 35.8 Å². The van der Waals surface area contributed by atoms with E-state index in [1.165, 1.54) is 30.9 Å². The first-order chi connectivity index (χ1) is 8.79. The Morgan fingerprint density at radius 3 is 2.89 bits per heavy atom. The summed E-state index contributed by atoms with van der Waals surface area (Å²) in [6.07, 6.45) is 5.98. The molecule has 1 aromatic carbocycles. The molecule has 0 aliphatic heterocycles. The van der Waals surface area contributed by atoms with E-state index in [2.05, 4.69) is 18.4 Å². The van der Waals surface area contributed by atoms with Crippen LogP contribution in [-0.4, -0.2) is 10.6 Å². The number of para-hydroxylation sites is 1. The van der Waals surface area contributed by atoms with Crippen molar-refractivity contribution in [3.8, 4) is 0 Å². The molecule has 0 saturated heterocycles. The van der Waals surface area contributed by atoms with Crippen LogP contribution in [0.1, 0.15) is 31.7 Å². The van der Waals surface area contributed by atoms with Crippen LogP contribution in [0.15, 0.2) is 24.4 Å². The van der Waals surface area contributed by atoms with Gasteiger partial charge in [0.1, 0.15) is 5.82 Å². The third kappa shape index (κ3) is 1.93. The first kappa shape index (κ1) is 11.7. The molecule has 1 aromatic heterocycles. The smallest absolute Gasteiger partial charge is 0.147 e. The highest BCUT2D eigenvalue weighted by Gasteiger charge is 2.17. The molecular formula is C15H19FN2. The van der Waals surface area contributed by atoms with Gasteiger partial charge in [0, 0.05) is 30.7 Å². The minimum atomic E-state index is -0.121. The van der Waals surface area contributed by atoms with Crippen molar-refractivity contribution in [3.63, 3.8) is 0 Å². The minimum absolute atomic E-state index is 0.121. The van der Waals surface area contributed by atoms with E-state index in [9.17, 15) is 4.39 Å². The molecule has 0 spiro atoms. The van der Waals surface area contributed by atoms with Gasteiger partial charge >= 0.3 is 0 Å². The van der Waals surface area contributed by atoms with E-state index in [-0.39, 0.29) is 5.82 Å². The van der Waals surface area contributed by atoms with Gasteiger partial charge in [-0.15, -0.1) is 0 Å². The number of halogens is 1. The lowest BCUT2D eigenvalue weighted by Crippen LogP contribution is -2.34. The van der Waals surface area contributed by atoms with E-state index >= 15 is 0 Å². The topological polar surface area (TPSA) is 17.0 Å². The molecule has 1 fully saturated rings. The van der Waals surface area contributed by atoms with Crippen LogP contribution < -0.4 is 5.32 Å². The maximum atomic E-state index is 13.9. The van der Waals surface area contributed by atoms with Crippen molar-refractivity contribution >= 4 is 10.9 Å². The zero-order valence-electron chi connectivity index (χ0n) is 10.7. The zero-order valence-corrected chi connectivity index (χ0v) is 10.7. The Bertz CT molecular complexity index is 555. The maximum absolute atomic E-state index is 13.9. The van der Waals surface area contributed by atoms with Crippen LogP contribution >= 0.6 is 0 Å². The van der Waals surface area contributed by atoms with Gasteiger partial charge < -0.3 is 9.88 Å². The molecule has 1 N–H and O–H groups in total. The molecule has 2 nitrogen and oxygen atoms in total. The van der Waals surface area contributed by atoms with Crippen molar-refractivity contribution in [2.24, 2.45) is 0 Å². The summed E-state index contributed by atoms with van der Waals surface area (Å²) < 4.78 is 15.9. The van der Waals surface area contributed by atoms with Crippen molar-refractivity contribution in [2.75, 3.05) is 0 Å². The predicted octanol–water partition coefficient (Wildman–Crippen LogP) is 3.44. The Morgan fingerprint density at radius 2 is 2.22 bits per heavy atom. The fraction of sp³-hybridized carbons (Fsp3) is 0.467. The standard InChI is InChI=1S/C15H19FN2/c1-2-18-10-11(9-17-12-5-3-6-12)13-7-4-8-14(16)15(13)18/h4,7-8,10,12,17H,2-3,5-6,9H2,1H3.